The summed E-state index contributed by atoms with van der Waals surface area (Å²) in [7, 11) is -1.74. The summed E-state index contributed by atoms with van der Waals surface area (Å²) in [4.78, 5) is 16.6. The molecule has 0 atom stereocenters. The molecule has 9 heteroatoms. The number of rotatable bonds is 6. The topological polar surface area (TPSA) is 93.4 Å². The number of aromatic nitrogens is 2. The molecule has 0 fully saturated rings. The molecule has 1 heterocycles. The van der Waals surface area contributed by atoms with Crippen molar-refractivity contribution in [2.45, 2.75) is 4.90 Å². The van der Waals surface area contributed by atoms with Gasteiger partial charge in [0.05, 0.1) is 16.3 Å². The molecule has 0 unspecified atom stereocenters. The second-order valence-corrected chi connectivity index (χ2v) is 8.38. The Balaban J connectivity index is 2.04. The van der Waals surface area contributed by atoms with Gasteiger partial charge >= 0.3 is 0 Å². The smallest absolute Gasteiger partial charge is 0.209 e. The van der Waals surface area contributed by atoms with Crippen molar-refractivity contribution in [3.8, 4) is 5.69 Å². The van der Waals surface area contributed by atoms with Gasteiger partial charge in [-0.05, 0) is 48.5 Å². The van der Waals surface area contributed by atoms with E-state index in [-0.39, 0.29) is 16.0 Å². The van der Waals surface area contributed by atoms with Crippen LogP contribution in [0.4, 0.5) is 10.1 Å². The van der Waals surface area contributed by atoms with Gasteiger partial charge in [0.2, 0.25) is 5.43 Å². The Hall–Kier alpha value is -3.59. The van der Waals surface area contributed by atoms with Crippen LogP contribution in [0.25, 0.3) is 11.4 Å². The first kappa shape index (κ1) is 21.1. The molecule has 0 aliphatic carbocycles. The highest BCUT2D eigenvalue weighted by molar-refractivity contribution is 7.90. The molecule has 7 nitrogen and oxygen atoms in total. The number of nitrogens with one attached hydrogen (secondary N) is 1. The van der Waals surface area contributed by atoms with Gasteiger partial charge in [-0.15, -0.1) is 0 Å². The molecule has 0 aliphatic heterocycles. The van der Waals surface area contributed by atoms with Gasteiger partial charge in [0.25, 0.3) is 0 Å². The van der Waals surface area contributed by atoms with Crippen molar-refractivity contribution in [2.75, 3.05) is 18.6 Å². The highest BCUT2D eigenvalue weighted by Crippen LogP contribution is 2.17. The first-order chi connectivity index (χ1) is 14.3. The molecule has 0 spiro atoms. The Morgan fingerprint density at radius 3 is 2.53 bits per heavy atom. The zero-order chi connectivity index (χ0) is 21.7. The van der Waals surface area contributed by atoms with Gasteiger partial charge in [-0.2, -0.15) is 5.10 Å². The first-order valence-electron chi connectivity index (χ1n) is 8.84. The average Bonchev–Trinajstić information content (AvgIpc) is 2.71. The van der Waals surface area contributed by atoms with E-state index in [9.17, 15) is 17.6 Å². The van der Waals surface area contributed by atoms with E-state index in [2.05, 4.69) is 15.4 Å². The van der Waals surface area contributed by atoms with Crippen LogP contribution in [-0.2, 0) is 9.84 Å². The molecule has 1 N–H and O–H groups in total. The average molecular weight is 426 g/mol. The zero-order valence-corrected chi connectivity index (χ0v) is 17.1. The van der Waals surface area contributed by atoms with Crippen LogP contribution in [0.3, 0.4) is 0 Å². The van der Waals surface area contributed by atoms with E-state index < -0.39 is 15.7 Å². The predicted molar refractivity (Wildman–Crippen MR) is 115 cm³/mol. The summed E-state index contributed by atoms with van der Waals surface area (Å²) in [5.74, 6) is -0.423. The lowest BCUT2D eigenvalue weighted by Crippen LogP contribution is -2.18. The SMILES string of the molecule is CN=C/C=C(\Nc1cccc(F)c1)c1nn(-c2ccc(S(C)(=O)=O)cc2)ccc1=O. The van der Waals surface area contributed by atoms with Gasteiger partial charge in [-0.1, -0.05) is 6.07 Å². The highest BCUT2D eigenvalue weighted by atomic mass is 32.2. The van der Waals surface area contributed by atoms with Crippen molar-refractivity contribution in [1.82, 2.24) is 9.78 Å². The summed E-state index contributed by atoms with van der Waals surface area (Å²) in [6.07, 6.45) is 5.66. The highest BCUT2D eigenvalue weighted by Gasteiger charge is 2.12. The number of benzene rings is 2. The van der Waals surface area contributed by atoms with E-state index in [1.807, 2.05) is 0 Å². The van der Waals surface area contributed by atoms with Crippen LogP contribution in [0.15, 0.2) is 81.6 Å². The van der Waals surface area contributed by atoms with Crippen molar-refractivity contribution >= 4 is 27.4 Å². The number of sulfone groups is 1. The molecule has 0 aliphatic rings. The van der Waals surface area contributed by atoms with Crippen molar-refractivity contribution in [3.63, 3.8) is 0 Å². The Labute approximate surface area is 173 Å². The van der Waals surface area contributed by atoms with Crippen LogP contribution in [0.5, 0.6) is 0 Å². The minimum absolute atomic E-state index is 0.0915. The predicted octanol–water partition coefficient (Wildman–Crippen LogP) is 2.93. The number of allylic oxidation sites excluding steroid dienone is 1. The number of hydrogen-bond acceptors (Lipinski definition) is 6. The van der Waals surface area contributed by atoms with Crippen LogP contribution in [0.2, 0.25) is 0 Å². The fourth-order valence-corrected chi connectivity index (χ4v) is 3.27. The summed E-state index contributed by atoms with van der Waals surface area (Å²) < 4.78 is 38.3. The Morgan fingerprint density at radius 2 is 1.90 bits per heavy atom. The van der Waals surface area contributed by atoms with Crippen LogP contribution < -0.4 is 10.7 Å². The van der Waals surface area contributed by atoms with E-state index in [0.29, 0.717) is 17.1 Å². The summed E-state index contributed by atoms with van der Waals surface area (Å²) in [5, 5.41) is 7.37. The van der Waals surface area contributed by atoms with Gasteiger partial charge in [-0.25, -0.2) is 17.5 Å². The summed E-state index contributed by atoms with van der Waals surface area (Å²) in [5.41, 5.74) is 1.09. The molecule has 0 amide bonds. The molecule has 2 aromatic carbocycles. The molecular formula is C21H19FN4O3S. The molecule has 3 aromatic rings. The van der Waals surface area contributed by atoms with Gasteiger partial charge in [-0.3, -0.25) is 9.79 Å². The third-order valence-corrected chi connectivity index (χ3v) is 5.22. The van der Waals surface area contributed by atoms with Crippen LogP contribution in [0.1, 0.15) is 5.69 Å². The Bertz CT molecular complexity index is 1280. The van der Waals surface area contributed by atoms with Crippen LogP contribution >= 0.6 is 0 Å². The number of anilines is 1. The van der Waals surface area contributed by atoms with E-state index >= 15 is 0 Å². The van der Waals surface area contributed by atoms with Gasteiger partial charge in [0, 0.05) is 37.5 Å². The molecular weight excluding hydrogens is 407 g/mol. The van der Waals surface area contributed by atoms with Crippen molar-refractivity contribution in [2.24, 2.45) is 4.99 Å². The molecule has 0 saturated carbocycles. The third kappa shape index (κ3) is 5.06. The molecule has 3 rings (SSSR count). The lowest BCUT2D eigenvalue weighted by molar-refractivity contribution is 0.602. The first-order valence-corrected chi connectivity index (χ1v) is 10.7. The molecule has 0 saturated heterocycles. The number of nitrogens with zero attached hydrogens (tertiary/aromatic N) is 3. The van der Waals surface area contributed by atoms with Gasteiger partial charge < -0.3 is 5.32 Å². The van der Waals surface area contributed by atoms with E-state index in [1.165, 1.54) is 47.4 Å². The molecule has 154 valence electrons. The monoisotopic (exact) mass is 426 g/mol. The lowest BCUT2D eigenvalue weighted by Gasteiger charge is -2.12. The minimum atomic E-state index is -3.32. The second-order valence-electron chi connectivity index (χ2n) is 6.36. The fourth-order valence-electron chi connectivity index (χ4n) is 2.63. The summed E-state index contributed by atoms with van der Waals surface area (Å²) in [6.45, 7) is 0. The molecule has 1 aromatic heterocycles. The van der Waals surface area contributed by atoms with Crippen LogP contribution in [-0.4, -0.2) is 37.7 Å². The van der Waals surface area contributed by atoms with E-state index in [0.717, 1.165) is 6.26 Å². The zero-order valence-electron chi connectivity index (χ0n) is 16.3. The maximum Gasteiger partial charge on any atom is 0.209 e. The minimum Gasteiger partial charge on any atom is -0.353 e. The maximum atomic E-state index is 13.5. The number of hydrogen-bond donors (Lipinski definition) is 1. The third-order valence-electron chi connectivity index (χ3n) is 4.09. The Kier molecular flexibility index (Phi) is 6.22. The largest absolute Gasteiger partial charge is 0.353 e. The quantitative estimate of drug-likeness (QED) is 0.612. The lowest BCUT2D eigenvalue weighted by atomic mass is 10.2. The molecule has 0 radical (unpaired) electrons. The fraction of sp³-hybridized carbons (Fsp3) is 0.0952. The molecule has 0 bridgehead atoms. The van der Waals surface area contributed by atoms with Crippen molar-refractivity contribution in [3.05, 3.63) is 88.6 Å². The normalized spacial score (nSPS) is 12.3. The van der Waals surface area contributed by atoms with Gasteiger partial charge in [0.1, 0.15) is 5.82 Å². The van der Waals surface area contributed by atoms with E-state index in [4.69, 9.17) is 0 Å². The Morgan fingerprint density at radius 1 is 1.17 bits per heavy atom. The van der Waals surface area contributed by atoms with Crippen LogP contribution in [0, 0.1) is 5.82 Å². The number of halogens is 1. The van der Waals surface area contributed by atoms with Gasteiger partial charge in [0.15, 0.2) is 15.5 Å². The maximum absolute atomic E-state index is 13.5. The van der Waals surface area contributed by atoms with E-state index in [1.54, 1.807) is 37.4 Å². The second kappa shape index (κ2) is 8.83. The van der Waals surface area contributed by atoms with Crippen molar-refractivity contribution < 1.29 is 12.8 Å². The standard InChI is InChI=1S/C21H19FN4O3S/c1-23-12-10-19(24-16-5-3-4-15(22)14-16)21-20(27)11-13-26(25-21)17-6-8-18(9-7-17)30(2,28)29/h3-14,24H,1-2H3/b19-10-,23-12?. The van der Waals surface area contributed by atoms with Crippen molar-refractivity contribution in [1.29, 1.82) is 0 Å². The molecule has 30 heavy (non-hydrogen) atoms. The summed E-state index contributed by atoms with van der Waals surface area (Å²) in [6, 6.07) is 13.3. The summed E-state index contributed by atoms with van der Waals surface area (Å²) >= 11 is 0. The number of aliphatic imine (C=N–C) groups is 1.